The van der Waals surface area contributed by atoms with E-state index in [1.54, 1.807) is 6.07 Å². The molecule has 0 unspecified atom stereocenters. The summed E-state index contributed by atoms with van der Waals surface area (Å²) in [5.74, 6) is 1.50. The predicted octanol–water partition coefficient (Wildman–Crippen LogP) is 6.16. The Morgan fingerprint density at radius 1 is 1.05 bits per heavy atom. The Hall–Kier alpha value is -0.550. The van der Waals surface area contributed by atoms with E-state index in [0.717, 1.165) is 27.0 Å². The van der Waals surface area contributed by atoms with Crippen LogP contribution in [-0.4, -0.2) is 6.04 Å². The topological polar surface area (TPSA) is 21.3 Å². The molecule has 0 saturated carbocycles. The standard InChI is InChI=1S/C16H16Br2ClNO/c1-10(2)20-9-11-3-5-15(13(17)7-11)21-16-6-4-12(19)8-14(16)18/h3-8,10,20H,9H2,1-2H3. The lowest BCUT2D eigenvalue weighted by Crippen LogP contribution is -2.21. The summed E-state index contributed by atoms with van der Waals surface area (Å²) >= 11 is 12.9. The minimum absolute atomic E-state index is 0.463. The first-order chi connectivity index (χ1) is 9.95. The Labute approximate surface area is 147 Å². The smallest absolute Gasteiger partial charge is 0.141 e. The van der Waals surface area contributed by atoms with Gasteiger partial charge in [0.25, 0.3) is 0 Å². The fourth-order valence-corrected chi connectivity index (χ4v) is 3.01. The Kier molecular flexibility index (Phi) is 6.11. The van der Waals surface area contributed by atoms with Gasteiger partial charge in [0.2, 0.25) is 0 Å². The molecule has 2 nitrogen and oxygen atoms in total. The maximum Gasteiger partial charge on any atom is 0.141 e. The Balaban J connectivity index is 2.13. The molecule has 0 aliphatic rings. The molecule has 0 aliphatic carbocycles. The molecular weight excluding hydrogens is 417 g/mol. The Bertz CT molecular complexity index is 632. The van der Waals surface area contributed by atoms with E-state index in [1.165, 1.54) is 5.56 Å². The first-order valence-corrected chi connectivity index (χ1v) is 8.57. The van der Waals surface area contributed by atoms with Crippen LogP contribution in [0.1, 0.15) is 19.4 Å². The molecule has 0 aliphatic heterocycles. The van der Waals surface area contributed by atoms with Gasteiger partial charge in [-0.05, 0) is 67.8 Å². The minimum Gasteiger partial charge on any atom is -0.455 e. The molecule has 0 atom stereocenters. The van der Waals surface area contributed by atoms with E-state index in [0.29, 0.717) is 11.1 Å². The van der Waals surface area contributed by atoms with Gasteiger partial charge in [-0.1, -0.05) is 31.5 Å². The van der Waals surface area contributed by atoms with Gasteiger partial charge in [-0.3, -0.25) is 0 Å². The molecule has 0 radical (unpaired) electrons. The highest BCUT2D eigenvalue weighted by molar-refractivity contribution is 9.11. The summed E-state index contributed by atoms with van der Waals surface area (Å²) in [6, 6.07) is 12.0. The second kappa shape index (κ2) is 7.63. The van der Waals surface area contributed by atoms with Crippen LogP contribution in [0.3, 0.4) is 0 Å². The van der Waals surface area contributed by atoms with Crippen LogP contribution >= 0.6 is 43.5 Å². The lowest BCUT2D eigenvalue weighted by atomic mass is 10.2. The van der Waals surface area contributed by atoms with E-state index in [4.69, 9.17) is 16.3 Å². The van der Waals surface area contributed by atoms with Gasteiger partial charge >= 0.3 is 0 Å². The van der Waals surface area contributed by atoms with Crippen LogP contribution < -0.4 is 10.1 Å². The first-order valence-electron chi connectivity index (χ1n) is 6.60. The summed E-state index contributed by atoms with van der Waals surface area (Å²) < 4.78 is 7.65. The maximum atomic E-state index is 5.93. The summed E-state index contributed by atoms with van der Waals surface area (Å²) in [6.45, 7) is 5.09. The zero-order valence-electron chi connectivity index (χ0n) is 11.8. The van der Waals surface area contributed by atoms with Crippen molar-refractivity contribution in [1.29, 1.82) is 0 Å². The third kappa shape index (κ3) is 4.99. The molecular formula is C16H16Br2ClNO. The Morgan fingerprint density at radius 3 is 2.24 bits per heavy atom. The van der Waals surface area contributed by atoms with Gasteiger partial charge in [-0.2, -0.15) is 0 Å². The van der Waals surface area contributed by atoms with Gasteiger partial charge in [-0.25, -0.2) is 0 Å². The highest BCUT2D eigenvalue weighted by atomic mass is 79.9. The minimum atomic E-state index is 0.463. The quantitative estimate of drug-likeness (QED) is 0.610. The average molecular weight is 434 g/mol. The SMILES string of the molecule is CC(C)NCc1ccc(Oc2ccc(Cl)cc2Br)c(Br)c1. The molecule has 0 spiro atoms. The molecule has 0 saturated heterocycles. The molecule has 5 heteroatoms. The van der Waals surface area contributed by atoms with E-state index in [1.807, 2.05) is 18.2 Å². The molecule has 2 aromatic carbocycles. The van der Waals surface area contributed by atoms with Crippen molar-refractivity contribution < 1.29 is 4.74 Å². The van der Waals surface area contributed by atoms with E-state index >= 15 is 0 Å². The van der Waals surface area contributed by atoms with Gasteiger partial charge in [0.05, 0.1) is 8.95 Å². The number of nitrogens with one attached hydrogen (secondary N) is 1. The summed E-state index contributed by atoms with van der Waals surface area (Å²) in [5, 5.41) is 4.06. The highest BCUT2D eigenvalue weighted by Gasteiger charge is 2.08. The lowest BCUT2D eigenvalue weighted by Gasteiger charge is -2.12. The molecule has 0 fully saturated rings. The van der Waals surface area contributed by atoms with Gasteiger partial charge in [0.1, 0.15) is 11.5 Å². The second-order valence-corrected chi connectivity index (χ2v) is 7.12. The maximum absolute atomic E-state index is 5.93. The normalized spacial score (nSPS) is 11.0. The van der Waals surface area contributed by atoms with E-state index in [9.17, 15) is 0 Å². The number of benzene rings is 2. The molecule has 112 valence electrons. The van der Waals surface area contributed by atoms with Crippen LogP contribution in [0.4, 0.5) is 0 Å². The molecule has 21 heavy (non-hydrogen) atoms. The second-order valence-electron chi connectivity index (χ2n) is 4.98. The number of hydrogen-bond donors (Lipinski definition) is 1. The molecule has 1 N–H and O–H groups in total. The molecule has 0 aromatic heterocycles. The Morgan fingerprint density at radius 2 is 1.67 bits per heavy atom. The van der Waals surface area contributed by atoms with E-state index < -0.39 is 0 Å². The van der Waals surface area contributed by atoms with E-state index in [-0.39, 0.29) is 0 Å². The van der Waals surface area contributed by atoms with Crippen molar-refractivity contribution in [2.24, 2.45) is 0 Å². The predicted molar refractivity (Wildman–Crippen MR) is 95.3 cm³/mol. The van der Waals surface area contributed by atoms with Gasteiger partial charge in [-0.15, -0.1) is 0 Å². The van der Waals surface area contributed by atoms with Crippen LogP contribution in [0.2, 0.25) is 5.02 Å². The molecule has 0 amide bonds. The number of halogens is 3. The summed E-state index contributed by atoms with van der Waals surface area (Å²) in [6.07, 6.45) is 0. The molecule has 0 bridgehead atoms. The lowest BCUT2D eigenvalue weighted by molar-refractivity contribution is 0.476. The van der Waals surface area contributed by atoms with Gasteiger partial charge in [0.15, 0.2) is 0 Å². The van der Waals surface area contributed by atoms with Crippen molar-refractivity contribution in [3.63, 3.8) is 0 Å². The number of ether oxygens (including phenoxy) is 1. The van der Waals surface area contributed by atoms with Crippen LogP contribution in [0.25, 0.3) is 0 Å². The molecule has 2 rings (SSSR count). The third-order valence-corrected chi connectivity index (χ3v) is 4.30. The average Bonchev–Trinajstić information content (AvgIpc) is 2.42. The summed E-state index contributed by atoms with van der Waals surface area (Å²) in [4.78, 5) is 0. The van der Waals surface area contributed by atoms with Crippen molar-refractivity contribution in [1.82, 2.24) is 5.32 Å². The van der Waals surface area contributed by atoms with Crippen LogP contribution in [0.15, 0.2) is 45.3 Å². The zero-order chi connectivity index (χ0) is 15.4. The fraction of sp³-hybridized carbons (Fsp3) is 0.250. The van der Waals surface area contributed by atoms with Crippen LogP contribution in [0.5, 0.6) is 11.5 Å². The number of hydrogen-bond acceptors (Lipinski definition) is 2. The fourth-order valence-electron chi connectivity index (χ4n) is 1.74. The summed E-state index contributed by atoms with van der Waals surface area (Å²) in [7, 11) is 0. The number of rotatable bonds is 5. The van der Waals surface area contributed by atoms with Gasteiger partial charge in [0, 0.05) is 17.6 Å². The third-order valence-electron chi connectivity index (χ3n) is 2.82. The zero-order valence-corrected chi connectivity index (χ0v) is 15.7. The van der Waals surface area contributed by atoms with Crippen molar-refractivity contribution in [2.75, 3.05) is 0 Å². The summed E-state index contributed by atoms with van der Waals surface area (Å²) in [5.41, 5.74) is 1.21. The first kappa shape index (κ1) is 16.8. The monoisotopic (exact) mass is 431 g/mol. The van der Waals surface area contributed by atoms with Crippen molar-refractivity contribution in [3.05, 3.63) is 55.9 Å². The van der Waals surface area contributed by atoms with E-state index in [2.05, 4.69) is 63.2 Å². The van der Waals surface area contributed by atoms with Crippen molar-refractivity contribution in [3.8, 4) is 11.5 Å². The van der Waals surface area contributed by atoms with Crippen molar-refractivity contribution >= 4 is 43.5 Å². The molecule has 2 aromatic rings. The van der Waals surface area contributed by atoms with Crippen LogP contribution in [-0.2, 0) is 6.54 Å². The molecule has 0 heterocycles. The van der Waals surface area contributed by atoms with Crippen molar-refractivity contribution in [2.45, 2.75) is 26.4 Å². The van der Waals surface area contributed by atoms with Gasteiger partial charge < -0.3 is 10.1 Å². The highest BCUT2D eigenvalue weighted by Crippen LogP contribution is 2.35. The van der Waals surface area contributed by atoms with Crippen LogP contribution in [0, 0.1) is 0 Å². The largest absolute Gasteiger partial charge is 0.455 e.